The normalized spacial score (nSPS) is 12.3. The van der Waals surface area contributed by atoms with E-state index in [9.17, 15) is 10.1 Å². The zero-order chi connectivity index (χ0) is 14.1. The van der Waals surface area contributed by atoms with Gasteiger partial charge < -0.3 is 10.4 Å². The summed E-state index contributed by atoms with van der Waals surface area (Å²) in [5.41, 5.74) is 1.15. The monoisotopic (exact) mass is 266 g/mol. The highest BCUT2D eigenvalue weighted by Crippen LogP contribution is 2.13. The summed E-state index contributed by atoms with van der Waals surface area (Å²) in [4.78, 5) is 10.1. The largest absolute Gasteiger partial charge is 0.396 e. The van der Waals surface area contributed by atoms with E-state index in [0.717, 1.165) is 31.4 Å². The Kier molecular flexibility index (Phi) is 7.07. The van der Waals surface area contributed by atoms with Crippen LogP contribution in [-0.4, -0.2) is 23.2 Å². The van der Waals surface area contributed by atoms with Gasteiger partial charge in [0, 0.05) is 25.3 Å². The van der Waals surface area contributed by atoms with Crippen molar-refractivity contribution in [3.05, 3.63) is 39.9 Å². The molecule has 5 nitrogen and oxygen atoms in total. The number of hydrogen-bond donors (Lipinski definition) is 2. The molecule has 0 aliphatic rings. The van der Waals surface area contributed by atoms with Crippen LogP contribution in [-0.2, 0) is 6.54 Å². The second kappa shape index (κ2) is 8.61. The highest BCUT2D eigenvalue weighted by molar-refractivity contribution is 5.32. The molecule has 1 aromatic rings. The van der Waals surface area contributed by atoms with Crippen LogP contribution in [0.2, 0.25) is 0 Å². The first kappa shape index (κ1) is 15.6. The second-order valence-corrected chi connectivity index (χ2v) is 4.72. The minimum absolute atomic E-state index is 0.118. The van der Waals surface area contributed by atoms with E-state index < -0.39 is 4.92 Å². The van der Waals surface area contributed by atoms with Crippen molar-refractivity contribution in [3.8, 4) is 0 Å². The number of benzene rings is 1. The highest BCUT2D eigenvalue weighted by atomic mass is 16.6. The average Bonchev–Trinajstić information content (AvgIpc) is 2.40. The van der Waals surface area contributed by atoms with Crippen molar-refractivity contribution >= 4 is 5.69 Å². The van der Waals surface area contributed by atoms with Gasteiger partial charge in [-0.05, 0) is 30.9 Å². The van der Waals surface area contributed by atoms with Crippen LogP contribution in [0, 0.1) is 16.0 Å². The minimum atomic E-state index is -0.393. The molecular weight excluding hydrogens is 244 g/mol. The third-order valence-corrected chi connectivity index (χ3v) is 3.14. The summed E-state index contributed by atoms with van der Waals surface area (Å²) in [5.74, 6) is 0.494. The summed E-state index contributed by atoms with van der Waals surface area (Å²) >= 11 is 0. The standard InChI is InChI=1S/C14H22N2O3/c1-2-3-12(8-9-17)10-15-11-13-4-6-14(7-5-13)16(18)19/h4-7,12,15,17H,2-3,8-11H2,1H3. The molecule has 19 heavy (non-hydrogen) atoms. The van der Waals surface area contributed by atoms with E-state index in [0.29, 0.717) is 12.5 Å². The second-order valence-electron chi connectivity index (χ2n) is 4.72. The molecule has 0 aliphatic carbocycles. The summed E-state index contributed by atoms with van der Waals surface area (Å²) in [6.07, 6.45) is 3.04. The number of nitro groups is 1. The van der Waals surface area contributed by atoms with Gasteiger partial charge in [0.1, 0.15) is 0 Å². The van der Waals surface area contributed by atoms with E-state index in [1.54, 1.807) is 12.1 Å². The Morgan fingerprint density at radius 1 is 1.32 bits per heavy atom. The van der Waals surface area contributed by atoms with Gasteiger partial charge >= 0.3 is 0 Å². The Labute approximate surface area is 113 Å². The molecule has 0 amide bonds. The molecule has 1 rings (SSSR count). The van der Waals surface area contributed by atoms with Gasteiger partial charge in [-0.3, -0.25) is 10.1 Å². The van der Waals surface area contributed by atoms with Crippen molar-refractivity contribution in [2.75, 3.05) is 13.2 Å². The lowest BCUT2D eigenvalue weighted by Crippen LogP contribution is -2.23. The van der Waals surface area contributed by atoms with Crippen molar-refractivity contribution < 1.29 is 10.0 Å². The molecule has 1 unspecified atom stereocenters. The molecule has 0 spiro atoms. The Morgan fingerprint density at radius 2 is 2.00 bits per heavy atom. The maximum absolute atomic E-state index is 10.5. The fourth-order valence-electron chi connectivity index (χ4n) is 2.10. The summed E-state index contributed by atoms with van der Waals surface area (Å²) < 4.78 is 0. The van der Waals surface area contributed by atoms with Crippen molar-refractivity contribution in [1.82, 2.24) is 5.32 Å². The Balaban J connectivity index is 2.37. The Hall–Kier alpha value is -1.46. The van der Waals surface area contributed by atoms with E-state index in [4.69, 9.17) is 5.11 Å². The van der Waals surface area contributed by atoms with Gasteiger partial charge in [-0.25, -0.2) is 0 Å². The van der Waals surface area contributed by atoms with Crippen molar-refractivity contribution in [2.45, 2.75) is 32.7 Å². The van der Waals surface area contributed by atoms with Gasteiger partial charge in [-0.15, -0.1) is 0 Å². The number of nitrogens with one attached hydrogen (secondary N) is 1. The SMILES string of the molecule is CCCC(CCO)CNCc1ccc([N+](=O)[O-])cc1. The van der Waals surface area contributed by atoms with Crippen LogP contribution in [0.1, 0.15) is 31.7 Å². The molecule has 0 aliphatic heterocycles. The zero-order valence-electron chi connectivity index (χ0n) is 11.3. The van der Waals surface area contributed by atoms with E-state index in [1.807, 2.05) is 0 Å². The Morgan fingerprint density at radius 3 is 2.53 bits per heavy atom. The van der Waals surface area contributed by atoms with Crippen LogP contribution in [0.4, 0.5) is 5.69 Å². The molecule has 0 radical (unpaired) electrons. The third kappa shape index (κ3) is 5.81. The van der Waals surface area contributed by atoms with Gasteiger partial charge in [-0.2, -0.15) is 0 Å². The smallest absolute Gasteiger partial charge is 0.269 e. The van der Waals surface area contributed by atoms with Crippen LogP contribution in [0.5, 0.6) is 0 Å². The van der Waals surface area contributed by atoms with Crippen molar-refractivity contribution in [1.29, 1.82) is 0 Å². The highest BCUT2D eigenvalue weighted by Gasteiger charge is 2.07. The van der Waals surface area contributed by atoms with Crippen molar-refractivity contribution in [2.24, 2.45) is 5.92 Å². The number of rotatable bonds is 9. The van der Waals surface area contributed by atoms with Crippen LogP contribution < -0.4 is 5.32 Å². The van der Waals surface area contributed by atoms with Crippen LogP contribution in [0.25, 0.3) is 0 Å². The molecule has 0 fully saturated rings. The molecule has 2 N–H and O–H groups in total. The van der Waals surface area contributed by atoms with Gasteiger partial charge in [0.25, 0.3) is 5.69 Å². The fraction of sp³-hybridized carbons (Fsp3) is 0.571. The van der Waals surface area contributed by atoms with E-state index in [-0.39, 0.29) is 12.3 Å². The van der Waals surface area contributed by atoms with E-state index in [2.05, 4.69) is 12.2 Å². The number of hydrogen-bond acceptors (Lipinski definition) is 4. The van der Waals surface area contributed by atoms with Crippen LogP contribution >= 0.6 is 0 Å². The predicted molar refractivity (Wildman–Crippen MR) is 74.9 cm³/mol. The molecule has 0 saturated carbocycles. The molecule has 0 saturated heterocycles. The summed E-state index contributed by atoms with van der Waals surface area (Å²) in [6.45, 7) is 3.93. The minimum Gasteiger partial charge on any atom is -0.396 e. The van der Waals surface area contributed by atoms with Crippen LogP contribution in [0.3, 0.4) is 0 Å². The van der Waals surface area contributed by atoms with Gasteiger partial charge in [0.05, 0.1) is 4.92 Å². The molecular formula is C14H22N2O3. The summed E-state index contributed by atoms with van der Waals surface area (Å²) in [6, 6.07) is 6.58. The molecule has 0 bridgehead atoms. The summed E-state index contributed by atoms with van der Waals surface area (Å²) in [7, 11) is 0. The van der Waals surface area contributed by atoms with Gasteiger partial charge in [0.15, 0.2) is 0 Å². The first-order valence-electron chi connectivity index (χ1n) is 6.72. The van der Waals surface area contributed by atoms with E-state index >= 15 is 0 Å². The number of nitrogens with zero attached hydrogens (tertiary/aromatic N) is 1. The average molecular weight is 266 g/mol. The molecule has 1 aromatic carbocycles. The molecule has 1 atom stereocenters. The first-order valence-corrected chi connectivity index (χ1v) is 6.72. The van der Waals surface area contributed by atoms with E-state index in [1.165, 1.54) is 12.1 Å². The summed E-state index contributed by atoms with van der Waals surface area (Å²) in [5, 5.41) is 22.8. The number of aliphatic hydroxyl groups is 1. The fourth-order valence-corrected chi connectivity index (χ4v) is 2.10. The molecule has 0 aromatic heterocycles. The number of non-ortho nitro benzene ring substituents is 1. The topological polar surface area (TPSA) is 75.4 Å². The molecule has 106 valence electrons. The third-order valence-electron chi connectivity index (χ3n) is 3.14. The van der Waals surface area contributed by atoms with Gasteiger partial charge in [-0.1, -0.05) is 25.5 Å². The molecule has 0 heterocycles. The lowest BCUT2D eigenvalue weighted by molar-refractivity contribution is -0.384. The molecule has 5 heteroatoms. The number of nitro benzene ring substituents is 1. The zero-order valence-corrected chi connectivity index (χ0v) is 11.3. The lowest BCUT2D eigenvalue weighted by atomic mass is 10.0. The number of aliphatic hydroxyl groups excluding tert-OH is 1. The quantitative estimate of drug-likeness (QED) is 0.532. The maximum Gasteiger partial charge on any atom is 0.269 e. The van der Waals surface area contributed by atoms with Gasteiger partial charge in [0.2, 0.25) is 0 Å². The van der Waals surface area contributed by atoms with Crippen LogP contribution in [0.15, 0.2) is 24.3 Å². The van der Waals surface area contributed by atoms with Crippen molar-refractivity contribution in [3.63, 3.8) is 0 Å². The first-order chi connectivity index (χ1) is 9.17. The Bertz CT molecular complexity index is 373. The maximum atomic E-state index is 10.5. The predicted octanol–water partition coefficient (Wildman–Crippen LogP) is 2.48. The lowest BCUT2D eigenvalue weighted by Gasteiger charge is -2.15.